The van der Waals surface area contributed by atoms with Gasteiger partial charge >= 0.3 is 0 Å². The van der Waals surface area contributed by atoms with E-state index in [2.05, 4.69) is 15.0 Å². The van der Waals surface area contributed by atoms with Gasteiger partial charge in [0.1, 0.15) is 10.6 Å². The van der Waals surface area contributed by atoms with Gasteiger partial charge in [0.05, 0.1) is 19.3 Å². The second kappa shape index (κ2) is 8.31. The molecule has 0 aliphatic heterocycles. The van der Waals surface area contributed by atoms with Crippen LogP contribution in [-0.4, -0.2) is 20.5 Å². The number of nitrogens with zero attached hydrogens (tertiary/aromatic N) is 1. The number of benzene rings is 2. The summed E-state index contributed by atoms with van der Waals surface area (Å²) in [6.07, 6.45) is 1.75. The highest BCUT2D eigenvalue weighted by molar-refractivity contribution is 7.92. The van der Waals surface area contributed by atoms with Crippen molar-refractivity contribution in [3.63, 3.8) is 0 Å². The van der Waals surface area contributed by atoms with Crippen LogP contribution in [0.15, 0.2) is 65.7 Å². The molecular weight excluding hydrogens is 374 g/mol. The Morgan fingerprint density at radius 2 is 1.64 bits per heavy atom. The Morgan fingerprint density at radius 3 is 2.29 bits per heavy atom. The van der Waals surface area contributed by atoms with E-state index in [1.165, 1.54) is 7.11 Å². The minimum absolute atomic E-state index is 0.121. The van der Waals surface area contributed by atoms with E-state index in [0.29, 0.717) is 18.0 Å². The third-order valence-corrected chi connectivity index (χ3v) is 5.81. The van der Waals surface area contributed by atoms with Crippen LogP contribution in [-0.2, 0) is 16.6 Å². The van der Waals surface area contributed by atoms with Crippen LogP contribution in [0.2, 0.25) is 0 Å². The number of hydrogen-bond donors (Lipinski definition) is 2. The molecule has 7 heteroatoms. The molecule has 2 aromatic carbocycles. The van der Waals surface area contributed by atoms with Crippen LogP contribution in [0.5, 0.6) is 5.75 Å². The molecule has 1 aromatic heterocycles. The Hall–Kier alpha value is -3.06. The van der Waals surface area contributed by atoms with Crippen LogP contribution in [0.1, 0.15) is 16.8 Å². The lowest BCUT2D eigenvalue weighted by molar-refractivity contribution is 0.402. The van der Waals surface area contributed by atoms with Gasteiger partial charge in [-0.15, -0.1) is 0 Å². The predicted octanol–water partition coefficient (Wildman–Crippen LogP) is 4.12. The standard InChI is InChI=1S/C21H23N3O3S/c1-15-12-20(27-3)21(13-16(15)2)28(25,26)24-18-9-7-17(8-10-18)23-14-19-6-4-5-11-22-19/h4-13,23-24H,14H2,1-3H3. The first-order valence-corrected chi connectivity index (χ1v) is 10.3. The van der Waals surface area contributed by atoms with Gasteiger partial charge in [-0.05, 0) is 73.5 Å². The van der Waals surface area contributed by atoms with Crippen molar-refractivity contribution >= 4 is 21.4 Å². The van der Waals surface area contributed by atoms with Crippen LogP contribution in [0.3, 0.4) is 0 Å². The lowest BCUT2D eigenvalue weighted by atomic mass is 10.1. The number of aromatic nitrogens is 1. The Morgan fingerprint density at radius 1 is 0.964 bits per heavy atom. The summed E-state index contributed by atoms with van der Waals surface area (Å²) in [5.41, 5.74) is 4.13. The fourth-order valence-corrected chi connectivity index (χ4v) is 3.99. The summed E-state index contributed by atoms with van der Waals surface area (Å²) in [4.78, 5) is 4.38. The zero-order valence-corrected chi connectivity index (χ0v) is 16.9. The molecule has 0 saturated heterocycles. The van der Waals surface area contributed by atoms with Crippen molar-refractivity contribution in [1.82, 2.24) is 4.98 Å². The average molecular weight is 398 g/mol. The lowest BCUT2D eigenvalue weighted by Gasteiger charge is -2.14. The Labute approximate surface area is 165 Å². The predicted molar refractivity (Wildman–Crippen MR) is 111 cm³/mol. The summed E-state index contributed by atoms with van der Waals surface area (Å²) in [6.45, 7) is 4.37. The molecule has 0 radical (unpaired) electrons. The first kappa shape index (κ1) is 19.7. The topological polar surface area (TPSA) is 80.3 Å². The number of pyridine rings is 1. The van der Waals surface area contributed by atoms with E-state index in [0.717, 1.165) is 22.5 Å². The maximum atomic E-state index is 12.8. The number of rotatable bonds is 7. The monoisotopic (exact) mass is 397 g/mol. The molecule has 146 valence electrons. The minimum atomic E-state index is -3.77. The summed E-state index contributed by atoms with van der Waals surface area (Å²) in [6, 6.07) is 16.2. The van der Waals surface area contributed by atoms with Crippen LogP contribution in [0, 0.1) is 13.8 Å². The average Bonchev–Trinajstić information content (AvgIpc) is 2.69. The molecule has 0 fully saturated rings. The zero-order valence-electron chi connectivity index (χ0n) is 16.1. The summed E-state index contributed by atoms with van der Waals surface area (Å²) < 4.78 is 33.5. The summed E-state index contributed by atoms with van der Waals surface area (Å²) in [5.74, 6) is 0.323. The Kier molecular flexibility index (Phi) is 5.84. The van der Waals surface area contributed by atoms with Gasteiger partial charge in [-0.3, -0.25) is 9.71 Å². The second-order valence-corrected chi connectivity index (χ2v) is 8.10. The quantitative estimate of drug-likeness (QED) is 0.627. The van der Waals surface area contributed by atoms with Crippen molar-refractivity contribution in [2.45, 2.75) is 25.3 Å². The number of nitrogens with one attached hydrogen (secondary N) is 2. The van der Waals surface area contributed by atoms with Gasteiger partial charge in [0.2, 0.25) is 0 Å². The molecule has 0 atom stereocenters. The molecule has 1 heterocycles. The van der Waals surface area contributed by atoms with Crippen molar-refractivity contribution in [3.8, 4) is 5.75 Å². The number of methoxy groups -OCH3 is 1. The first-order valence-electron chi connectivity index (χ1n) is 8.81. The van der Waals surface area contributed by atoms with Gasteiger partial charge in [-0.1, -0.05) is 6.07 Å². The van der Waals surface area contributed by atoms with Crippen LogP contribution >= 0.6 is 0 Å². The highest BCUT2D eigenvalue weighted by atomic mass is 32.2. The number of ether oxygens (including phenoxy) is 1. The van der Waals surface area contributed by atoms with E-state index in [1.54, 1.807) is 30.5 Å². The van der Waals surface area contributed by atoms with E-state index < -0.39 is 10.0 Å². The fraction of sp³-hybridized carbons (Fsp3) is 0.190. The van der Waals surface area contributed by atoms with Crippen molar-refractivity contribution < 1.29 is 13.2 Å². The van der Waals surface area contributed by atoms with Gasteiger partial charge in [-0.2, -0.15) is 0 Å². The molecule has 0 amide bonds. The van der Waals surface area contributed by atoms with Gasteiger partial charge in [0, 0.05) is 17.6 Å². The fourth-order valence-electron chi connectivity index (χ4n) is 2.69. The second-order valence-electron chi connectivity index (χ2n) is 6.44. The Bertz CT molecular complexity index is 1050. The van der Waals surface area contributed by atoms with Crippen molar-refractivity contribution in [2.75, 3.05) is 17.1 Å². The zero-order chi connectivity index (χ0) is 20.1. The first-order chi connectivity index (χ1) is 13.4. The van der Waals surface area contributed by atoms with Gasteiger partial charge in [0.25, 0.3) is 10.0 Å². The number of sulfonamides is 1. The molecule has 0 saturated carbocycles. The molecule has 0 aliphatic rings. The van der Waals surface area contributed by atoms with E-state index >= 15 is 0 Å². The maximum absolute atomic E-state index is 12.8. The smallest absolute Gasteiger partial charge is 0.265 e. The van der Waals surface area contributed by atoms with Crippen LogP contribution in [0.4, 0.5) is 11.4 Å². The molecule has 3 aromatic rings. The third-order valence-electron chi connectivity index (χ3n) is 4.41. The molecular formula is C21H23N3O3S. The van der Waals surface area contributed by atoms with Crippen LogP contribution in [0.25, 0.3) is 0 Å². The maximum Gasteiger partial charge on any atom is 0.265 e. The largest absolute Gasteiger partial charge is 0.495 e. The van der Waals surface area contributed by atoms with Gasteiger partial charge in [-0.25, -0.2) is 8.42 Å². The van der Waals surface area contributed by atoms with Crippen molar-refractivity contribution in [2.24, 2.45) is 0 Å². The summed E-state index contributed by atoms with van der Waals surface area (Å²) in [7, 11) is -2.31. The highest BCUT2D eigenvalue weighted by Gasteiger charge is 2.20. The third kappa shape index (κ3) is 4.61. The van der Waals surface area contributed by atoms with E-state index in [1.807, 2.05) is 44.2 Å². The lowest BCUT2D eigenvalue weighted by Crippen LogP contribution is -2.14. The van der Waals surface area contributed by atoms with Gasteiger partial charge < -0.3 is 10.1 Å². The normalized spacial score (nSPS) is 11.1. The molecule has 0 spiro atoms. The summed E-state index contributed by atoms with van der Waals surface area (Å²) in [5, 5.41) is 3.25. The molecule has 0 unspecified atom stereocenters. The summed E-state index contributed by atoms with van der Waals surface area (Å²) >= 11 is 0. The van der Waals surface area contributed by atoms with E-state index in [9.17, 15) is 8.42 Å². The molecule has 2 N–H and O–H groups in total. The number of hydrogen-bond acceptors (Lipinski definition) is 5. The number of aryl methyl sites for hydroxylation is 2. The van der Waals surface area contributed by atoms with E-state index in [4.69, 9.17) is 4.74 Å². The van der Waals surface area contributed by atoms with Crippen molar-refractivity contribution in [3.05, 3.63) is 77.6 Å². The van der Waals surface area contributed by atoms with Crippen molar-refractivity contribution in [1.29, 1.82) is 0 Å². The molecule has 28 heavy (non-hydrogen) atoms. The SMILES string of the molecule is COc1cc(C)c(C)cc1S(=O)(=O)Nc1ccc(NCc2ccccn2)cc1. The van der Waals surface area contributed by atoms with Crippen LogP contribution < -0.4 is 14.8 Å². The molecule has 6 nitrogen and oxygen atoms in total. The van der Waals surface area contributed by atoms with Gasteiger partial charge in [0.15, 0.2) is 0 Å². The Balaban J connectivity index is 1.73. The van der Waals surface area contributed by atoms with E-state index in [-0.39, 0.29) is 4.90 Å². The minimum Gasteiger partial charge on any atom is -0.495 e. The highest BCUT2D eigenvalue weighted by Crippen LogP contribution is 2.29. The molecule has 3 rings (SSSR count). The number of anilines is 2. The molecule has 0 aliphatic carbocycles. The molecule has 0 bridgehead atoms.